The van der Waals surface area contributed by atoms with E-state index in [4.69, 9.17) is 0 Å². The predicted molar refractivity (Wildman–Crippen MR) is 80.8 cm³/mol. The van der Waals surface area contributed by atoms with Crippen molar-refractivity contribution in [2.45, 2.75) is 32.5 Å². The summed E-state index contributed by atoms with van der Waals surface area (Å²) in [5, 5.41) is 2.43. The van der Waals surface area contributed by atoms with Crippen LogP contribution in [-0.4, -0.2) is 26.6 Å². The summed E-state index contributed by atoms with van der Waals surface area (Å²) in [6.07, 6.45) is -0.749. The largest absolute Gasteiger partial charge is 0.406 e. The molecule has 0 fully saturated rings. The van der Waals surface area contributed by atoms with Crippen molar-refractivity contribution in [3.63, 3.8) is 0 Å². The van der Waals surface area contributed by atoms with Crippen LogP contribution in [0.5, 0.6) is 0 Å². The Morgan fingerprint density at radius 3 is 2.58 bits per heavy atom. The van der Waals surface area contributed by atoms with Gasteiger partial charge in [0.1, 0.15) is 12.1 Å². The maximum absolute atomic E-state index is 12.5. The van der Waals surface area contributed by atoms with Gasteiger partial charge in [-0.3, -0.25) is 14.6 Å². The third kappa shape index (κ3) is 4.18. The predicted octanol–water partition coefficient (Wildman–Crippen LogP) is 2.58. The summed E-state index contributed by atoms with van der Waals surface area (Å²) < 4.78 is 37.8. The zero-order chi connectivity index (χ0) is 17.9. The van der Waals surface area contributed by atoms with Crippen LogP contribution in [0.15, 0.2) is 35.5 Å². The van der Waals surface area contributed by atoms with Crippen LogP contribution < -0.4 is 10.9 Å². The van der Waals surface area contributed by atoms with Crippen molar-refractivity contribution < 1.29 is 18.0 Å². The summed E-state index contributed by atoms with van der Waals surface area (Å²) >= 11 is 0. The lowest BCUT2D eigenvalue weighted by Crippen LogP contribution is -2.33. The number of hydrogen-bond acceptors (Lipinski definition) is 4. The summed E-state index contributed by atoms with van der Waals surface area (Å²) in [7, 11) is 0. The number of pyridine rings is 1. The number of hydrogen-bond donors (Lipinski definition) is 1. The highest BCUT2D eigenvalue weighted by Crippen LogP contribution is 2.19. The van der Waals surface area contributed by atoms with Crippen LogP contribution in [0, 0.1) is 0 Å². The molecule has 1 amide bonds. The Morgan fingerprint density at radius 1 is 1.29 bits per heavy atom. The molecule has 0 radical (unpaired) electrons. The number of rotatable bonds is 4. The van der Waals surface area contributed by atoms with Crippen molar-refractivity contribution in [2.75, 3.05) is 5.32 Å². The number of amides is 1. The first-order chi connectivity index (χ1) is 11.2. The van der Waals surface area contributed by atoms with E-state index in [1.54, 1.807) is 0 Å². The molecular formula is C15H15F3N4O2. The van der Waals surface area contributed by atoms with E-state index in [1.807, 2.05) is 13.8 Å². The Morgan fingerprint density at radius 2 is 1.96 bits per heavy atom. The minimum absolute atomic E-state index is 0.0355. The van der Waals surface area contributed by atoms with Crippen LogP contribution in [0.2, 0.25) is 0 Å². The molecule has 0 atom stereocenters. The average Bonchev–Trinajstić information content (AvgIpc) is 2.48. The lowest BCUT2D eigenvalue weighted by atomic mass is 10.1. The highest BCUT2D eigenvalue weighted by atomic mass is 19.4. The Bertz CT molecular complexity index is 800. The van der Waals surface area contributed by atoms with E-state index in [0.29, 0.717) is 10.3 Å². The number of halogens is 3. The van der Waals surface area contributed by atoms with Crippen molar-refractivity contribution >= 4 is 11.7 Å². The molecule has 0 unspecified atom stereocenters. The zero-order valence-corrected chi connectivity index (χ0v) is 13.0. The quantitative estimate of drug-likeness (QED) is 0.928. The normalized spacial score (nSPS) is 11.6. The molecule has 0 spiro atoms. The fourth-order valence-electron chi connectivity index (χ4n) is 2.07. The molecule has 2 heterocycles. The van der Waals surface area contributed by atoms with Gasteiger partial charge in [0.15, 0.2) is 5.82 Å². The van der Waals surface area contributed by atoms with E-state index in [2.05, 4.69) is 15.3 Å². The molecule has 128 valence electrons. The molecule has 0 saturated heterocycles. The second-order valence-corrected chi connectivity index (χ2v) is 5.37. The third-order valence-corrected chi connectivity index (χ3v) is 3.12. The zero-order valence-electron chi connectivity index (χ0n) is 13.0. The van der Waals surface area contributed by atoms with E-state index >= 15 is 0 Å². The summed E-state index contributed by atoms with van der Waals surface area (Å²) in [5.74, 6) is -0.700. The third-order valence-electron chi connectivity index (χ3n) is 3.12. The van der Waals surface area contributed by atoms with Gasteiger partial charge in [0.05, 0.1) is 5.69 Å². The van der Waals surface area contributed by atoms with Gasteiger partial charge in [0, 0.05) is 18.6 Å². The lowest BCUT2D eigenvalue weighted by molar-refractivity contribution is -0.141. The molecule has 0 aromatic carbocycles. The summed E-state index contributed by atoms with van der Waals surface area (Å²) in [4.78, 5) is 32.4. The number of anilines is 1. The second kappa shape index (κ2) is 6.81. The molecule has 6 nitrogen and oxygen atoms in total. The Balaban J connectivity index is 2.32. The standard InChI is InChI=1S/C15H15F3N4O2/c1-9(2)11-12(20-6-5-19-11)21-13(23)10-4-3-7-22(14(10)24)8-15(16,17)18/h3-7,9H,8H2,1-2H3,(H,20,21,23). The molecular weight excluding hydrogens is 325 g/mol. The van der Waals surface area contributed by atoms with Gasteiger partial charge in [-0.1, -0.05) is 13.8 Å². The SMILES string of the molecule is CC(C)c1nccnc1NC(=O)c1cccn(CC(F)(F)F)c1=O. The first-order valence-electron chi connectivity index (χ1n) is 7.07. The van der Waals surface area contributed by atoms with Crippen molar-refractivity contribution in [1.82, 2.24) is 14.5 Å². The summed E-state index contributed by atoms with van der Waals surface area (Å²) in [6, 6.07) is 2.37. The molecule has 0 saturated carbocycles. The maximum atomic E-state index is 12.5. The number of nitrogens with one attached hydrogen (secondary N) is 1. The van der Waals surface area contributed by atoms with E-state index in [-0.39, 0.29) is 11.7 Å². The molecule has 0 aliphatic carbocycles. The molecule has 2 aromatic heterocycles. The molecule has 0 aliphatic rings. The van der Waals surface area contributed by atoms with Crippen LogP contribution >= 0.6 is 0 Å². The number of carbonyl (C=O) groups is 1. The van der Waals surface area contributed by atoms with E-state index in [9.17, 15) is 22.8 Å². The smallest absolute Gasteiger partial charge is 0.306 e. The van der Waals surface area contributed by atoms with Crippen molar-refractivity contribution in [1.29, 1.82) is 0 Å². The number of carbonyl (C=O) groups excluding carboxylic acids is 1. The summed E-state index contributed by atoms with van der Waals surface area (Å²) in [6.45, 7) is 2.23. The monoisotopic (exact) mass is 340 g/mol. The topological polar surface area (TPSA) is 76.9 Å². The van der Waals surface area contributed by atoms with Gasteiger partial charge in [0.2, 0.25) is 0 Å². The Hall–Kier alpha value is -2.71. The number of alkyl halides is 3. The first kappa shape index (κ1) is 17.6. The highest BCUT2D eigenvalue weighted by molar-refractivity contribution is 6.03. The minimum Gasteiger partial charge on any atom is -0.306 e. The number of aromatic nitrogens is 3. The van der Waals surface area contributed by atoms with Crippen molar-refractivity contribution in [3.05, 3.63) is 52.3 Å². The van der Waals surface area contributed by atoms with Crippen LogP contribution in [0.25, 0.3) is 0 Å². The fourth-order valence-corrected chi connectivity index (χ4v) is 2.07. The van der Waals surface area contributed by atoms with E-state index in [1.165, 1.54) is 18.5 Å². The van der Waals surface area contributed by atoms with Gasteiger partial charge in [-0.25, -0.2) is 4.98 Å². The molecule has 2 rings (SSSR count). The van der Waals surface area contributed by atoms with Gasteiger partial charge in [-0.05, 0) is 18.1 Å². The van der Waals surface area contributed by atoms with Gasteiger partial charge in [-0.2, -0.15) is 13.2 Å². The van der Waals surface area contributed by atoms with E-state index in [0.717, 1.165) is 12.3 Å². The van der Waals surface area contributed by atoms with Crippen molar-refractivity contribution in [2.24, 2.45) is 0 Å². The number of nitrogens with zero attached hydrogens (tertiary/aromatic N) is 3. The van der Waals surface area contributed by atoms with Gasteiger partial charge in [0.25, 0.3) is 11.5 Å². The summed E-state index contributed by atoms with van der Waals surface area (Å²) in [5.41, 5.74) is -0.915. The molecule has 24 heavy (non-hydrogen) atoms. The second-order valence-electron chi connectivity index (χ2n) is 5.37. The lowest BCUT2D eigenvalue weighted by Gasteiger charge is -2.12. The minimum atomic E-state index is -4.56. The van der Waals surface area contributed by atoms with Crippen molar-refractivity contribution in [3.8, 4) is 0 Å². The first-order valence-corrected chi connectivity index (χ1v) is 7.07. The van der Waals surface area contributed by atoms with Crippen LogP contribution in [0.3, 0.4) is 0 Å². The maximum Gasteiger partial charge on any atom is 0.406 e. The Kier molecular flexibility index (Phi) is 5.01. The van der Waals surface area contributed by atoms with Gasteiger partial charge in [-0.15, -0.1) is 0 Å². The van der Waals surface area contributed by atoms with E-state index < -0.39 is 29.8 Å². The molecule has 0 bridgehead atoms. The fraction of sp³-hybridized carbons (Fsp3) is 0.333. The highest BCUT2D eigenvalue weighted by Gasteiger charge is 2.29. The van der Waals surface area contributed by atoms with Crippen LogP contribution in [-0.2, 0) is 6.54 Å². The van der Waals surface area contributed by atoms with Crippen LogP contribution in [0.1, 0.15) is 35.8 Å². The molecule has 0 aliphatic heterocycles. The Labute approximate surface area is 135 Å². The average molecular weight is 340 g/mol. The molecule has 2 aromatic rings. The molecule has 9 heteroatoms. The molecule has 1 N–H and O–H groups in total. The van der Waals surface area contributed by atoms with Gasteiger partial charge >= 0.3 is 6.18 Å². The van der Waals surface area contributed by atoms with Gasteiger partial charge < -0.3 is 9.88 Å². The van der Waals surface area contributed by atoms with Crippen LogP contribution in [0.4, 0.5) is 19.0 Å².